The minimum absolute atomic E-state index is 0.0991. The van der Waals surface area contributed by atoms with Gasteiger partial charge in [-0.1, -0.05) is 26.0 Å². The van der Waals surface area contributed by atoms with Gasteiger partial charge >= 0.3 is 12.2 Å². The number of hydrogen-bond donors (Lipinski definition) is 3. The minimum atomic E-state index is -4.55. The van der Waals surface area contributed by atoms with Crippen molar-refractivity contribution in [1.82, 2.24) is 15.1 Å². The van der Waals surface area contributed by atoms with E-state index in [4.69, 9.17) is 5.41 Å². The molecule has 1 unspecified atom stereocenters. The first kappa shape index (κ1) is 23.9. The maximum absolute atomic E-state index is 13.2. The van der Waals surface area contributed by atoms with Gasteiger partial charge in [0.1, 0.15) is 5.54 Å². The number of piperidine rings is 1. The van der Waals surface area contributed by atoms with E-state index in [-0.39, 0.29) is 23.5 Å². The molecule has 0 saturated carbocycles. The number of rotatable bonds is 5. The lowest BCUT2D eigenvalue weighted by Gasteiger charge is -2.34. The average Bonchev–Trinajstić information content (AvgIpc) is 2.90. The van der Waals surface area contributed by atoms with Crippen LogP contribution in [0.5, 0.6) is 0 Å². The molecule has 176 valence electrons. The standard InChI is InChI=1S/C22H30F3N5O2/c1-14(2)12-21(3)18(31)30(19(26)28-21)13-15-8-10-29(11-9-15)20(32)27-17-7-5-4-6-16(17)22(23,24)25/h4-7,14-15H,8-13H2,1-3H3,(H2,26,28)(H,27,32). The van der Waals surface area contributed by atoms with Crippen LogP contribution >= 0.6 is 0 Å². The summed E-state index contributed by atoms with van der Waals surface area (Å²) in [5.74, 6) is 0.393. The van der Waals surface area contributed by atoms with Crippen LogP contribution in [0.1, 0.15) is 45.6 Å². The first-order valence-corrected chi connectivity index (χ1v) is 10.8. The molecule has 0 aliphatic carbocycles. The molecule has 2 saturated heterocycles. The second kappa shape index (κ2) is 8.99. The van der Waals surface area contributed by atoms with Crippen LogP contribution in [0.4, 0.5) is 23.7 Å². The molecule has 10 heteroatoms. The van der Waals surface area contributed by atoms with Crippen molar-refractivity contribution < 1.29 is 22.8 Å². The number of hydrogen-bond acceptors (Lipinski definition) is 3. The van der Waals surface area contributed by atoms with Gasteiger partial charge in [0, 0.05) is 19.6 Å². The number of carbonyl (C=O) groups excluding carboxylic acids is 2. The normalized spacial score (nSPS) is 22.5. The molecule has 3 N–H and O–H groups in total. The maximum Gasteiger partial charge on any atom is 0.418 e. The summed E-state index contributed by atoms with van der Waals surface area (Å²) in [5.41, 5.74) is -1.93. The van der Waals surface area contributed by atoms with Crippen molar-refractivity contribution in [3.05, 3.63) is 29.8 Å². The van der Waals surface area contributed by atoms with E-state index < -0.39 is 23.3 Å². The van der Waals surface area contributed by atoms with Crippen molar-refractivity contribution in [2.24, 2.45) is 11.8 Å². The minimum Gasteiger partial charge on any atom is -0.342 e. The number of halogens is 3. The molecular formula is C22H30F3N5O2. The van der Waals surface area contributed by atoms with Gasteiger partial charge in [-0.25, -0.2) is 4.79 Å². The van der Waals surface area contributed by atoms with Gasteiger partial charge in [-0.3, -0.25) is 15.1 Å². The van der Waals surface area contributed by atoms with E-state index >= 15 is 0 Å². The topological polar surface area (TPSA) is 88.5 Å². The summed E-state index contributed by atoms with van der Waals surface area (Å²) in [6.07, 6.45) is -2.72. The maximum atomic E-state index is 13.2. The molecule has 0 spiro atoms. The first-order valence-electron chi connectivity index (χ1n) is 10.8. The Labute approximate surface area is 185 Å². The van der Waals surface area contributed by atoms with E-state index in [0.717, 1.165) is 6.07 Å². The zero-order chi connectivity index (χ0) is 23.7. The molecular weight excluding hydrogens is 423 g/mol. The molecule has 0 radical (unpaired) electrons. The van der Waals surface area contributed by atoms with Gasteiger partial charge in [0.05, 0.1) is 11.3 Å². The number of nitrogens with zero attached hydrogens (tertiary/aromatic N) is 2. The van der Waals surface area contributed by atoms with Crippen LogP contribution in [0.2, 0.25) is 0 Å². The van der Waals surface area contributed by atoms with E-state index in [1.807, 2.05) is 20.8 Å². The third-order valence-corrected chi connectivity index (χ3v) is 6.01. The predicted octanol–water partition coefficient (Wildman–Crippen LogP) is 4.12. The summed E-state index contributed by atoms with van der Waals surface area (Å²) in [7, 11) is 0. The highest BCUT2D eigenvalue weighted by Crippen LogP contribution is 2.35. The molecule has 1 aromatic rings. The van der Waals surface area contributed by atoms with Crippen LogP contribution in [-0.4, -0.2) is 52.9 Å². The second-order valence-electron chi connectivity index (χ2n) is 9.22. The van der Waals surface area contributed by atoms with E-state index in [0.29, 0.717) is 44.8 Å². The van der Waals surface area contributed by atoms with Gasteiger partial charge in [-0.05, 0) is 50.2 Å². The number of para-hydroxylation sites is 1. The summed E-state index contributed by atoms with van der Waals surface area (Å²) in [6, 6.07) is 4.32. The highest BCUT2D eigenvalue weighted by molar-refractivity contribution is 6.07. The molecule has 3 rings (SSSR count). The zero-order valence-electron chi connectivity index (χ0n) is 18.6. The van der Waals surface area contributed by atoms with Crippen molar-refractivity contribution in [2.75, 3.05) is 25.0 Å². The third-order valence-electron chi connectivity index (χ3n) is 6.01. The molecule has 2 aliphatic rings. The van der Waals surface area contributed by atoms with Crippen molar-refractivity contribution in [1.29, 1.82) is 5.41 Å². The molecule has 1 aromatic carbocycles. The number of carbonyl (C=O) groups is 2. The zero-order valence-corrected chi connectivity index (χ0v) is 18.6. The van der Waals surface area contributed by atoms with Gasteiger partial charge in [-0.2, -0.15) is 13.2 Å². The molecule has 0 bridgehead atoms. The fourth-order valence-electron chi connectivity index (χ4n) is 4.52. The lowest BCUT2D eigenvalue weighted by molar-refractivity contribution is -0.137. The summed E-state index contributed by atoms with van der Waals surface area (Å²) in [4.78, 5) is 28.4. The largest absolute Gasteiger partial charge is 0.418 e. The molecule has 1 atom stereocenters. The molecule has 2 heterocycles. The predicted molar refractivity (Wildman–Crippen MR) is 115 cm³/mol. The Hall–Kier alpha value is -2.78. The number of benzene rings is 1. The summed E-state index contributed by atoms with van der Waals surface area (Å²) < 4.78 is 39.5. The smallest absolute Gasteiger partial charge is 0.342 e. The number of anilines is 1. The van der Waals surface area contributed by atoms with Gasteiger partial charge in [0.25, 0.3) is 5.91 Å². The number of nitrogens with one attached hydrogen (secondary N) is 3. The van der Waals surface area contributed by atoms with Crippen molar-refractivity contribution >= 4 is 23.6 Å². The number of amides is 3. The quantitative estimate of drug-likeness (QED) is 0.627. The molecule has 7 nitrogen and oxygen atoms in total. The van der Waals surface area contributed by atoms with Crippen molar-refractivity contribution in [3.8, 4) is 0 Å². The fraction of sp³-hybridized carbons (Fsp3) is 0.591. The number of urea groups is 1. The Balaban J connectivity index is 1.55. The Morgan fingerprint density at radius 1 is 1.28 bits per heavy atom. The third kappa shape index (κ3) is 5.16. The summed E-state index contributed by atoms with van der Waals surface area (Å²) in [5, 5.41) is 13.6. The van der Waals surface area contributed by atoms with Gasteiger partial charge in [0.15, 0.2) is 5.96 Å². The molecule has 32 heavy (non-hydrogen) atoms. The van der Waals surface area contributed by atoms with E-state index in [1.165, 1.54) is 28.0 Å². The number of guanidine groups is 1. The summed E-state index contributed by atoms with van der Waals surface area (Å²) in [6.45, 7) is 7.01. The van der Waals surface area contributed by atoms with Crippen LogP contribution in [-0.2, 0) is 11.0 Å². The van der Waals surface area contributed by atoms with E-state index in [9.17, 15) is 22.8 Å². The van der Waals surface area contributed by atoms with E-state index in [2.05, 4.69) is 10.6 Å². The van der Waals surface area contributed by atoms with Gasteiger partial charge in [0.2, 0.25) is 0 Å². The average molecular weight is 454 g/mol. The van der Waals surface area contributed by atoms with Crippen LogP contribution < -0.4 is 10.6 Å². The second-order valence-corrected chi connectivity index (χ2v) is 9.22. The Morgan fingerprint density at radius 3 is 2.50 bits per heavy atom. The van der Waals surface area contributed by atoms with Gasteiger partial charge < -0.3 is 15.5 Å². The highest BCUT2D eigenvalue weighted by atomic mass is 19.4. The number of alkyl halides is 3. The Morgan fingerprint density at radius 2 is 1.91 bits per heavy atom. The first-order chi connectivity index (χ1) is 14.9. The van der Waals surface area contributed by atoms with Gasteiger partial charge in [-0.15, -0.1) is 0 Å². The highest BCUT2D eigenvalue weighted by Gasteiger charge is 2.46. The fourth-order valence-corrected chi connectivity index (χ4v) is 4.52. The van der Waals surface area contributed by atoms with Crippen LogP contribution in [0.15, 0.2) is 24.3 Å². The molecule has 2 aliphatic heterocycles. The lowest BCUT2D eigenvalue weighted by atomic mass is 9.90. The van der Waals surface area contributed by atoms with Crippen LogP contribution in [0.25, 0.3) is 0 Å². The molecule has 2 fully saturated rings. The monoisotopic (exact) mass is 453 g/mol. The summed E-state index contributed by atoms with van der Waals surface area (Å²) >= 11 is 0. The SMILES string of the molecule is CC(C)CC1(C)NC(=N)N(CC2CCN(C(=O)Nc3ccccc3C(F)(F)F)CC2)C1=O. The van der Waals surface area contributed by atoms with Crippen molar-refractivity contribution in [3.63, 3.8) is 0 Å². The Bertz CT molecular complexity index is 881. The lowest BCUT2D eigenvalue weighted by Crippen LogP contribution is -2.46. The number of likely N-dealkylation sites (tertiary alicyclic amines) is 1. The van der Waals surface area contributed by atoms with Crippen LogP contribution in [0, 0.1) is 17.2 Å². The van der Waals surface area contributed by atoms with E-state index in [1.54, 1.807) is 0 Å². The van der Waals surface area contributed by atoms with Crippen molar-refractivity contribution in [2.45, 2.75) is 51.7 Å². The molecule has 0 aromatic heterocycles. The molecule has 3 amide bonds. The Kier molecular flexibility index (Phi) is 6.71. The van der Waals surface area contributed by atoms with Crippen LogP contribution in [0.3, 0.4) is 0 Å².